The molecule has 18 heavy (non-hydrogen) atoms. The molecule has 0 aliphatic heterocycles. The summed E-state index contributed by atoms with van der Waals surface area (Å²) in [5.74, 6) is 0.0585. The van der Waals surface area contributed by atoms with E-state index in [1.165, 1.54) is 4.31 Å². The van der Waals surface area contributed by atoms with Crippen molar-refractivity contribution in [1.29, 1.82) is 0 Å². The van der Waals surface area contributed by atoms with E-state index in [9.17, 15) is 8.42 Å². The highest BCUT2D eigenvalue weighted by Gasteiger charge is 2.21. The Morgan fingerprint density at radius 2 is 2.00 bits per heavy atom. The van der Waals surface area contributed by atoms with Crippen molar-refractivity contribution in [3.63, 3.8) is 0 Å². The maximum Gasteiger partial charge on any atom is 0.235 e. The van der Waals surface area contributed by atoms with E-state index in [0.717, 1.165) is 0 Å². The average Bonchev–Trinajstić information content (AvgIpc) is 2.32. The average molecular weight is 272 g/mol. The Hall–Kier alpha value is -1.27. The third kappa shape index (κ3) is 3.61. The number of sulfonamides is 1. The molecule has 0 fully saturated rings. The van der Waals surface area contributed by atoms with Crippen LogP contribution in [0.1, 0.15) is 13.3 Å². The Labute approximate surface area is 109 Å². The molecule has 1 aromatic carbocycles. The third-order valence-corrected chi connectivity index (χ3v) is 4.51. The van der Waals surface area contributed by atoms with Gasteiger partial charge in [0, 0.05) is 20.3 Å². The molecule has 0 spiro atoms. The molecule has 6 heteroatoms. The van der Waals surface area contributed by atoms with Crippen LogP contribution in [0.15, 0.2) is 24.3 Å². The van der Waals surface area contributed by atoms with E-state index in [0.29, 0.717) is 30.9 Å². The fourth-order valence-corrected chi connectivity index (χ4v) is 3.29. The molecule has 0 amide bonds. The topological polar surface area (TPSA) is 72.6 Å². The first-order valence-corrected chi connectivity index (χ1v) is 7.47. The normalized spacial score (nSPS) is 11.4. The maximum absolute atomic E-state index is 12.2. The van der Waals surface area contributed by atoms with E-state index >= 15 is 0 Å². The minimum atomic E-state index is -3.35. The Morgan fingerprint density at radius 1 is 1.33 bits per heavy atom. The van der Waals surface area contributed by atoms with Gasteiger partial charge in [0.25, 0.3) is 0 Å². The Kier molecular flexibility index (Phi) is 5.43. The summed E-state index contributed by atoms with van der Waals surface area (Å²) in [6.07, 6.45) is 0.474. The van der Waals surface area contributed by atoms with Gasteiger partial charge in [0.1, 0.15) is 0 Å². The van der Waals surface area contributed by atoms with E-state index < -0.39 is 10.0 Å². The van der Waals surface area contributed by atoms with Crippen LogP contribution in [0.3, 0.4) is 0 Å². The number of anilines is 2. The molecular weight excluding hydrogens is 252 g/mol. The van der Waals surface area contributed by atoms with Crippen molar-refractivity contribution in [3.05, 3.63) is 24.3 Å². The number of methoxy groups -OCH3 is 1. The molecule has 1 aromatic rings. The zero-order chi connectivity index (χ0) is 13.6. The molecule has 102 valence electrons. The third-order valence-electron chi connectivity index (χ3n) is 2.58. The molecule has 1 rings (SSSR count). The summed E-state index contributed by atoms with van der Waals surface area (Å²) in [6.45, 7) is 2.59. The van der Waals surface area contributed by atoms with Crippen LogP contribution in [0.5, 0.6) is 0 Å². The van der Waals surface area contributed by atoms with Gasteiger partial charge in [-0.2, -0.15) is 0 Å². The summed E-state index contributed by atoms with van der Waals surface area (Å²) in [5.41, 5.74) is 6.82. The van der Waals surface area contributed by atoms with E-state index in [1.54, 1.807) is 38.3 Å². The van der Waals surface area contributed by atoms with Crippen LogP contribution in [-0.4, -0.2) is 34.4 Å². The molecule has 0 bridgehead atoms. The van der Waals surface area contributed by atoms with Crippen molar-refractivity contribution in [3.8, 4) is 0 Å². The summed E-state index contributed by atoms with van der Waals surface area (Å²) in [4.78, 5) is 0. The van der Waals surface area contributed by atoms with Gasteiger partial charge in [-0.05, 0) is 25.5 Å². The van der Waals surface area contributed by atoms with Crippen LogP contribution in [-0.2, 0) is 14.8 Å². The second-order valence-corrected chi connectivity index (χ2v) is 5.90. The van der Waals surface area contributed by atoms with Crippen molar-refractivity contribution in [2.45, 2.75) is 13.3 Å². The van der Waals surface area contributed by atoms with Gasteiger partial charge in [-0.3, -0.25) is 4.31 Å². The highest BCUT2D eigenvalue weighted by molar-refractivity contribution is 7.92. The van der Waals surface area contributed by atoms with Crippen LogP contribution in [0, 0.1) is 0 Å². The molecule has 0 radical (unpaired) electrons. The van der Waals surface area contributed by atoms with Gasteiger partial charge in [-0.25, -0.2) is 8.42 Å². The predicted octanol–water partition coefficient (Wildman–Crippen LogP) is 1.46. The summed E-state index contributed by atoms with van der Waals surface area (Å²) in [6, 6.07) is 6.97. The summed E-state index contributed by atoms with van der Waals surface area (Å²) in [5, 5.41) is 0. The van der Waals surface area contributed by atoms with Gasteiger partial charge >= 0.3 is 0 Å². The lowest BCUT2D eigenvalue weighted by atomic mass is 10.3. The van der Waals surface area contributed by atoms with E-state index in [2.05, 4.69) is 0 Å². The Bertz CT molecular complexity index is 474. The first-order chi connectivity index (χ1) is 8.53. The first-order valence-electron chi connectivity index (χ1n) is 5.86. The monoisotopic (exact) mass is 272 g/mol. The SMILES string of the molecule is CCN(c1ccccc1N)S(=O)(=O)CCCOC. The number of benzene rings is 1. The summed E-state index contributed by atoms with van der Waals surface area (Å²) < 4.78 is 30.6. The van der Waals surface area contributed by atoms with Gasteiger partial charge < -0.3 is 10.5 Å². The molecule has 0 atom stereocenters. The second-order valence-electron chi connectivity index (χ2n) is 3.89. The Morgan fingerprint density at radius 3 is 2.56 bits per heavy atom. The zero-order valence-corrected chi connectivity index (χ0v) is 11.6. The molecule has 0 heterocycles. The summed E-state index contributed by atoms with van der Waals surface area (Å²) in [7, 11) is -1.79. The minimum absolute atomic E-state index is 0.0585. The number of para-hydroxylation sites is 2. The van der Waals surface area contributed by atoms with Gasteiger partial charge in [-0.1, -0.05) is 12.1 Å². The quantitative estimate of drug-likeness (QED) is 0.602. The number of nitrogens with two attached hydrogens (primary N) is 1. The second kappa shape index (κ2) is 6.61. The van der Waals surface area contributed by atoms with Crippen molar-refractivity contribution in [2.24, 2.45) is 0 Å². The van der Waals surface area contributed by atoms with Crippen LogP contribution >= 0.6 is 0 Å². The van der Waals surface area contributed by atoms with E-state index in [1.807, 2.05) is 0 Å². The van der Waals surface area contributed by atoms with Crippen LogP contribution in [0.2, 0.25) is 0 Å². The van der Waals surface area contributed by atoms with Crippen LogP contribution in [0.25, 0.3) is 0 Å². The van der Waals surface area contributed by atoms with Gasteiger partial charge in [0.2, 0.25) is 10.0 Å². The number of ether oxygens (including phenoxy) is 1. The predicted molar refractivity (Wildman–Crippen MR) is 74.2 cm³/mol. The van der Waals surface area contributed by atoms with Crippen LogP contribution in [0.4, 0.5) is 11.4 Å². The van der Waals surface area contributed by atoms with E-state index in [-0.39, 0.29) is 5.75 Å². The highest BCUT2D eigenvalue weighted by Crippen LogP contribution is 2.25. The molecule has 0 saturated carbocycles. The lowest BCUT2D eigenvalue weighted by Gasteiger charge is -2.24. The summed E-state index contributed by atoms with van der Waals surface area (Å²) >= 11 is 0. The number of hydrogen-bond acceptors (Lipinski definition) is 4. The molecule has 0 unspecified atom stereocenters. The zero-order valence-electron chi connectivity index (χ0n) is 10.8. The molecule has 0 aromatic heterocycles. The van der Waals surface area contributed by atoms with E-state index in [4.69, 9.17) is 10.5 Å². The van der Waals surface area contributed by atoms with Gasteiger partial charge in [0.05, 0.1) is 17.1 Å². The fourth-order valence-electron chi connectivity index (χ4n) is 1.73. The molecule has 0 aliphatic carbocycles. The number of rotatable bonds is 7. The lowest BCUT2D eigenvalue weighted by Crippen LogP contribution is -2.33. The molecule has 5 nitrogen and oxygen atoms in total. The minimum Gasteiger partial charge on any atom is -0.397 e. The molecular formula is C12H20N2O3S. The molecule has 2 N–H and O–H groups in total. The largest absolute Gasteiger partial charge is 0.397 e. The number of hydrogen-bond donors (Lipinski definition) is 1. The molecule has 0 saturated heterocycles. The highest BCUT2D eigenvalue weighted by atomic mass is 32.2. The fraction of sp³-hybridized carbons (Fsp3) is 0.500. The lowest BCUT2D eigenvalue weighted by molar-refractivity contribution is 0.199. The first kappa shape index (κ1) is 14.8. The van der Waals surface area contributed by atoms with Crippen molar-refractivity contribution in [2.75, 3.05) is 36.1 Å². The smallest absolute Gasteiger partial charge is 0.235 e. The number of nitrogens with zero attached hydrogens (tertiary/aromatic N) is 1. The standard InChI is InChI=1S/C12H20N2O3S/c1-3-14(12-8-5-4-7-11(12)13)18(15,16)10-6-9-17-2/h4-5,7-8H,3,6,9-10,13H2,1-2H3. The van der Waals surface area contributed by atoms with Crippen molar-refractivity contribution < 1.29 is 13.2 Å². The Balaban J connectivity index is 2.93. The van der Waals surface area contributed by atoms with Gasteiger partial charge in [0.15, 0.2) is 0 Å². The molecule has 0 aliphatic rings. The van der Waals surface area contributed by atoms with Gasteiger partial charge in [-0.15, -0.1) is 0 Å². The maximum atomic E-state index is 12.2. The van der Waals surface area contributed by atoms with Crippen molar-refractivity contribution in [1.82, 2.24) is 0 Å². The van der Waals surface area contributed by atoms with Crippen molar-refractivity contribution >= 4 is 21.4 Å². The number of nitrogen functional groups attached to an aromatic ring is 1. The van der Waals surface area contributed by atoms with Crippen LogP contribution < -0.4 is 10.0 Å².